The Bertz CT molecular complexity index is 1420. The summed E-state index contributed by atoms with van der Waals surface area (Å²) in [5.74, 6) is -0.810. The maximum Gasteiger partial charge on any atom is 0.325 e. The lowest BCUT2D eigenvalue weighted by Gasteiger charge is -2.30. The minimum Gasteiger partial charge on any atom is -0.497 e. The molecule has 1 aromatic heterocycles. The van der Waals surface area contributed by atoms with Gasteiger partial charge in [-0.1, -0.05) is 29.0 Å². The summed E-state index contributed by atoms with van der Waals surface area (Å²) in [6.45, 7) is 2.21. The van der Waals surface area contributed by atoms with Crippen LogP contribution in [0.3, 0.4) is 0 Å². The number of sulfonamides is 1. The van der Waals surface area contributed by atoms with Gasteiger partial charge in [0.15, 0.2) is 4.80 Å². The molecular formula is C24H27N3O6S2. The van der Waals surface area contributed by atoms with Crippen molar-refractivity contribution in [1.29, 1.82) is 0 Å². The van der Waals surface area contributed by atoms with Crippen molar-refractivity contribution in [3.05, 3.63) is 52.8 Å². The smallest absolute Gasteiger partial charge is 0.325 e. The molecule has 35 heavy (non-hydrogen) atoms. The number of rotatable bonds is 6. The molecule has 1 unspecified atom stereocenters. The molecule has 11 heteroatoms. The maximum absolute atomic E-state index is 13.2. The lowest BCUT2D eigenvalue weighted by molar-refractivity contribution is -0.141. The second-order valence-corrected chi connectivity index (χ2v) is 11.3. The Morgan fingerprint density at radius 1 is 1.14 bits per heavy atom. The van der Waals surface area contributed by atoms with Crippen LogP contribution in [0, 0.1) is 12.8 Å². The summed E-state index contributed by atoms with van der Waals surface area (Å²) in [5, 5.41) is 0. The largest absolute Gasteiger partial charge is 0.497 e. The summed E-state index contributed by atoms with van der Waals surface area (Å²) in [6, 6.07) is 12.1. The first-order valence-corrected chi connectivity index (χ1v) is 13.4. The Morgan fingerprint density at radius 2 is 1.89 bits per heavy atom. The average Bonchev–Trinajstić information content (AvgIpc) is 3.19. The van der Waals surface area contributed by atoms with E-state index >= 15 is 0 Å². The van der Waals surface area contributed by atoms with Gasteiger partial charge in [0.1, 0.15) is 12.3 Å². The van der Waals surface area contributed by atoms with Crippen molar-refractivity contribution < 1.29 is 27.5 Å². The van der Waals surface area contributed by atoms with Crippen LogP contribution in [-0.4, -0.2) is 56.5 Å². The third-order valence-electron chi connectivity index (χ3n) is 6.00. The Labute approximate surface area is 207 Å². The van der Waals surface area contributed by atoms with Gasteiger partial charge in [0.05, 0.1) is 35.2 Å². The molecule has 4 rings (SSSR count). The summed E-state index contributed by atoms with van der Waals surface area (Å²) in [6.07, 6.45) is 1.10. The van der Waals surface area contributed by atoms with Gasteiger partial charge in [0, 0.05) is 13.1 Å². The number of aromatic nitrogens is 1. The van der Waals surface area contributed by atoms with Crippen LogP contribution in [0.15, 0.2) is 52.4 Å². The van der Waals surface area contributed by atoms with E-state index in [9.17, 15) is 18.0 Å². The van der Waals surface area contributed by atoms with Crippen molar-refractivity contribution >= 4 is 43.5 Å². The van der Waals surface area contributed by atoms with E-state index in [1.165, 1.54) is 22.8 Å². The lowest BCUT2D eigenvalue weighted by atomic mass is 9.99. The van der Waals surface area contributed by atoms with Gasteiger partial charge in [-0.2, -0.15) is 9.30 Å². The number of ether oxygens (including phenoxy) is 2. The molecule has 3 aromatic rings. The molecule has 186 valence electrons. The molecular weight excluding hydrogens is 490 g/mol. The van der Waals surface area contributed by atoms with Crippen LogP contribution in [0.2, 0.25) is 0 Å². The molecule has 1 amide bonds. The fourth-order valence-electron chi connectivity index (χ4n) is 4.02. The highest BCUT2D eigenvalue weighted by molar-refractivity contribution is 7.89. The zero-order valence-corrected chi connectivity index (χ0v) is 21.4. The number of amides is 1. The maximum atomic E-state index is 13.2. The van der Waals surface area contributed by atoms with Crippen LogP contribution in [0.5, 0.6) is 5.75 Å². The van der Waals surface area contributed by atoms with Gasteiger partial charge >= 0.3 is 5.97 Å². The van der Waals surface area contributed by atoms with E-state index in [4.69, 9.17) is 9.47 Å². The highest BCUT2D eigenvalue weighted by Gasteiger charge is 2.33. The average molecular weight is 518 g/mol. The van der Waals surface area contributed by atoms with Gasteiger partial charge in [-0.05, 0) is 50.1 Å². The van der Waals surface area contributed by atoms with Crippen molar-refractivity contribution in [2.75, 3.05) is 27.3 Å². The normalized spacial score (nSPS) is 17.5. The van der Waals surface area contributed by atoms with Crippen LogP contribution in [0.4, 0.5) is 0 Å². The van der Waals surface area contributed by atoms with Crippen molar-refractivity contribution in [3.8, 4) is 5.75 Å². The highest BCUT2D eigenvalue weighted by atomic mass is 32.2. The van der Waals surface area contributed by atoms with Gasteiger partial charge in [0.25, 0.3) is 5.91 Å². The molecule has 0 spiro atoms. The van der Waals surface area contributed by atoms with Crippen molar-refractivity contribution in [2.24, 2.45) is 10.9 Å². The molecule has 2 aromatic carbocycles. The van der Waals surface area contributed by atoms with Gasteiger partial charge in [0.2, 0.25) is 10.0 Å². The molecule has 0 saturated carbocycles. The van der Waals surface area contributed by atoms with Crippen LogP contribution in [0.1, 0.15) is 18.4 Å². The lowest BCUT2D eigenvalue weighted by Crippen LogP contribution is -2.42. The van der Waals surface area contributed by atoms with E-state index in [1.54, 1.807) is 48.1 Å². The Balaban J connectivity index is 1.65. The molecule has 0 N–H and O–H groups in total. The number of carbonyl (C=O) groups is 2. The predicted octanol–water partition coefficient (Wildman–Crippen LogP) is 2.72. The first kappa shape index (κ1) is 25.1. The number of piperidine rings is 1. The first-order valence-electron chi connectivity index (χ1n) is 11.1. The Hall–Kier alpha value is -3.02. The highest BCUT2D eigenvalue weighted by Crippen LogP contribution is 2.26. The zero-order chi connectivity index (χ0) is 25.2. The minimum absolute atomic E-state index is 0.0638. The van der Waals surface area contributed by atoms with E-state index in [-0.39, 0.29) is 18.0 Å². The monoisotopic (exact) mass is 517 g/mol. The topological polar surface area (TPSA) is 107 Å². The number of methoxy groups -OCH3 is 2. The van der Waals surface area contributed by atoms with Crippen LogP contribution < -0.4 is 9.54 Å². The van der Waals surface area contributed by atoms with E-state index < -0.39 is 27.8 Å². The number of thiazole rings is 1. The number of benzene rings is 2. The first-order chi connectivity index (χ1) is 16.7. The summed E-state index contributed by atoms with van der Waals surface area (Å²) in [7, 11) is -0.852. The van der Waals surface area contributed by atoms with E-state index in [0.717, 1.165) is 15.8 Å². The number of esters is 1. The second kappa shape index (κ2) is 10.3. The molecule has 0 aliphatic carbocycles. The fraction of sp³-hybridized carbons (Fsp3) is 0.375. The van der Waals surface area contributed by atoms with Crippen molar-refractivity contribution in [1.82, 2.24) is 8.87 Å². The molecule has 1 fully saturated rings. The summed E-state index contributed by atoms with van der Waals surface area (Å²) in [5.41, 5.74) is 1.69. The summed E-state index contributed by atoms with van der Waals surface area (Å²) in [4.78, 5) is 30.1. The predicted molar refractivity (Wildman–Crippen MR) is 132 cm³/mol. The molecule has 1 aliphatic rings. The third-order valence-corrected chi connectivity index (χ3v) is 8.92. The number of hydrogen-bond donors (Lipinski definition) is 0. The van der Waals surface area contributed by atoms with Gasteiger partial charge < -0.3 is 14.0 Å². The standard InChI is InChI=1S/C24H27N3O6S2/c1-16-6-9-19(10-7-16)35(30,31)26-12-4-5-17(14-26)23(29)25-24-27(15-22(28)33-3)20-11-8-18(32-2)13-21(20)34-24/h6-11,13,17H,4-5,12,14-15H2,1-3H3. The van der Waals surface area contributed by atoms with E-state index in [1.807, 2.05) is 13.0 Å². The third kappa shape index (κ3) is 5.31. The molecule has 9 nitrogen and oxygen atoms in total. The van der Waals surface area contributed by atoms with Gasteiger partial charge in [-0.25, -0.2) is 8.42 Å². The molecule has 0 radical (unpaired) electrons. The van der Waals surface area contributed by atoms with Crippen molar-refractivity contribution in [3.63, 3.8) is 0 Å². The van der Waals surface area contributed by atoms with Crippen molar-refractivity contribution in [2.45, 2.75) is 31.2 Å². The van der Waals surface area contributed by atoms with Gasteiger partial charge in [-0.3, -0.25) is 9.59 Å². The number of carbonyl (C=O) groups excluding carboxylic acids is 2. The minimum atomic E-state index is -3.71. The Kier molecular flexibility index (Phi) is 7.39. The van der Waals surface area contributed by atoms with Crippen LogP contribution >= 0.6 is 11.3 Å². The molecule has 2 heterocycles. The number of aryl methyl sites for hydroxylation is 1. The molecule has 1 aliphatic heterocycles. The van der Waals surface area contributed by atoms with Crippen LogP contribution in [-0.2, 0) is 30.9 Å². The number of hydrogen-bond acceptors (Lipinski definition) is 7. The molecule has 0 bridgehead atoms. The zero-order valence-electron chi connectivity index (χ0n) is 19.8. The van der Waals surface area contributed by atoms with E-state index in [2.05, 4.69) is 4.99 Å². The fourth-order valence-corrected chi connectivity index (χ4v) is 6.61. The second-order valence-electron chi connectivity index (χ2n) is 8.35. The SMILES string of the molecule is COC(=O)Cn1c(=NC(=O)C2CCCN(S(=O)(=O)c3ccc(C)cc3)C2)sc2cc(OC)ccc21. The summed E-state index contributed by atoms with van der Waals surface area (Å²) < 4.78 is 40.1. The quantitative estimate of drug-likeness (QED) is 0.466. The number of fused-ring (bicyclic) bond motifs is 1. The number of nitrogens with zero attached hydrogens (tertiary/aromatic N) is 3. The molecule has 1 atom stereocenters. The summed E-state index contributed by atoms with van der Waals surface area (Å²) >= 11 is 1.26. The molecule has 1 saturated heterocycles. The van der Waals surface area contributed by atoms with E-state index in [0.29, 0.717) is 29.9 Å². The van der Waals surface area contributed by atoms with Crippen LogP contribution in [0.25, 0.3) is 10.2 Å². The van der Waals surface area contributed by atoms with Gasteiger partial charge in [-0.15, -0.1) is 0 Å². The Morgan fingerprint density at radius 3 is 2.57 bits per heavy atom.